The molecule has 0 aliphatic heterocycles. The van der Waals surface area contributed by atoms with Gasteiger partial charge >= 0.3 is 359 Å². The van der Waals surface area contributed by atoms with Gasteiger partial charge in [0.05, 0.1) is 0 Å². The topological polar surface area (TPSA) is 40.6 Å². The first kappa shape index (κ1) is 41.4. The van der Waals surface area contributed by atoms with Gasteiger partial charge in [-0.15, -0.1) is 0 Å². The van der Waals surface area contributed by atoms with Gasteiger partial charge in [0.1, 0.15) is 0 Å². The monoisotopic (exact) mass is 850 g/mol. The van der Waals surface area contributed by atoms with E-state index in [1.807, 2.05) is 38.1 Å². The molecule has 6 aromatic rings. The Morgan fingerprint density at radius 1 is 0.508 bits per heavy atom. The first-order valence-electron chi connectivity index (χ1n) is 20.1. The molecule has 0 bridgehead atoms. The van der Waals surface area contributed by atoms with E-state index >= 15 is 17.6 Å². The van der Waals surface area contributed by atoms with Crippen molar-refractivity contribution in [3.63, 3.8) is 0 Å². The summed E-state index contributed by atoms with van der Waals surface area (Å²) in [6, 6.07) is 36.5. The Labute approximate surface area is 356 Å². The van der Waals surface area contributed by atoms with Gasteiger partial charge in [-0.2, -0.15) is 0 Å². The van der Waals surface area contributed by atoms with Crippen LogP contribution in [-0.2, 0) is 29.7 Å². The molecule has 2 aliphatic carbocycles. The Balaban J connectivity index is 1.39. The van der Waals surface area contributed by atoms with E-state index in [0.717, 1.165) is 23.3 Å². The zero-order valence-corrected chi connectivity index (χ0v) is 35.3. The maximum atomic E-state index is 18.3. The zero-order valence-electron chi connectivity index (χ0n) is 33.7. The van der Waals surface area contributed by atoms with E-state index in [2.05, 4.69) is 0 Å². The average molecular weight is 851 g/mol. The van der Waals surface area contributed by atoms with Crippen LogP contribution in [0, 0.1) is 37.1 Å². The summed E-state index contributed by atoms with van der Waals surface area (Å²) < 4.78 is 71.3. The van der Waals surface area contributed by atoms with E-state index in [4.69, 9.17) is 0 Å². The van der Waals surface area contributed by atoms with Gasteiger partial charge in [0, 0.05) is 0 Å². The third-order valence-corrected chi connectivity index (χ3v) is 19.4. The summed E-state index contributed by atoms with van der Waals surface area (Å²) in [6.45, 7) is 3.63. The number of halogens is 4. The number of carbonyl (C=O) groups is 2. The van der Waals surface area contributed by atoms with Gasteiger partial charge in [0.2, 0.25) is 0 Å². The van der Waals surface area contributed by atoms with Gasteiger partial charge in [-0.25, -0.2) is 0 Å². The molecule has 304 valence electrons. The van der Waals surface area contributed by atoms with Gasteiger partial charge in [0.15, 0.2) is 0 Å². The van der Waals surface area contributed by atoms with Crippen LogP contribution in [0.5, 0.6) is 0 Å². The van der Waals surface area contributed by atoms with Crippen molar-refractivity contribution >= 4 is 30.9 Å². The standard InChI is InChI=1S/2C21H16F2NO.2C5H5.Ti/c2*1-15-7-9-17(10-8-15)21(25)24(14-16-5-3-2-4-6-16)20-12-11-18(22)13-19(20)23;2*1-2-4-5-3-1;/h2*2-12H,14H2,1H3;2*1-3H,4H2;. The van der Waals surface area contributed by atoms with Crippen LogP contribution in [0.3, 0.4) is 0 Å². The number of hydrogen-bond acceptors (Lipinski definition) is 2. The molecular formula is C52H42F4N2O2Ti. The molecule has 0 spiro atoms. The Kier molecular flexibility index (Phi) is 12.0. The Hall–Kier alpha value is -6.35. The van der Waals surface area contributed by atoms with Crippen LogP contribution in [0.1, 0.15) is 55.8 Å². The average Bonchev–Trinajstić information content (AvgIpc) is 4.02. The molecule has 0 atom stereocenters. The Bertz CT molecular complexity index is 2560. The van der Waals surface area contributed by atoms with Gasteiger partial charge in [-0.3, -0.25) is 0 Å². The van der Waals surface area contributed by atoms with Crippen LogP contribution < -0.4 is 17.5 Å². The normalized spacial score (nSPS) is 13.3. The van der Waals surface area contributed by atoms with Crippen LogP contribution in [0.15, 0.2) is 178 Å². The second kappa shape index (κ2) is 17.7. The van der Waals surface area contributed by atoms with Gasteiger partial charge < -0.3 is 0 Å². The first-order valence-corrected chi connectivity index (χ1v) is 23.2. The molecular weight excluding hydrogens is 808 g/mol. The van der Waals surface area contributed by atoms with E-state index in [-0.39, 0.29) is 48.4 Å². The second-order valence-corrected chi connectivity index (χ2v) is 21.3. The summed E-state index contributed by atoms with van der Waals surface area (Å²) >= 11 is -5.46. The molecule has 61 heavy (non-hydrogen) atoms. The van der Waals surface area contributed by atoms with E-state index in [9.17, 15) is 9.59 Å². The predicted octanol–water partition coefficient (Wildman–Crippen LogP) is 11.3. The number of allylic oxidation sites excluding steroid dienone is 8. The molecule has 0 unspecified atom stereocenters. The van der Waals surface area contributed by atoms with E-state index in [1.54, 1.807) is 121 Å². The third-order valence-electron chi connectivity index (χ3n) is 11.4. The van der Waals surface area contributed by atoms with E-state index in [1.165, 1.54) is 21.9 Å². The molecule has 0 radical (unpaired) electrons. The first-order chi connectivity index (χ1) is 29.6. The van der Waals surface area contributed by atoms with Crippen molar-refractivity contribution in [3.05, 3.63) is 234 Å². The minimum atomic E-state index is -5.46. The van der Waals surface area contributed by atoms with Crippen LogP contribution in [0.25, 0.3) is 0 Å². The van der Waals surface area contributed by atoms with Crippen molar-refractivity contribution in [2.45, 2.75) is 39.8 Å². The summed E-state index contributed by atoms with van der Waals surface area (Å²) in [5.41, 5.74) is 3.34. The summed E-state index contributed by atoms with van der Waals surface area (Å²) in [7, 11) is 0. The van der Waals surface area contributed by atoms with Crippen molar-refractivity contribution in [2.24, 2.45) is 0 Å². The van der Waals surface area contributed by atoms with Gasteiger partial charge in [0.25, 0.3) is 0 Å². The minimum absolute atomic E-state index is 0.0716. The molecule has 2 aliphatic rings. The van der Waals surface area contributed by atoms with Gasteiger partial charge in [-0.1, -0.05) is 0 Å². The fraction of sp³-hybridized carbons (Fsp3) is 0.115. The summed E-state index contributed by atoms with van der Waals surface area (Å²) in [5.74, 6) is -5.17. The van der Waals surface area contributed by atoms with Crippen molar-refractivity contribution in [1.82, 2.24) is 0 Å². The molecule has 0 N–H and O–H groups in total. The third kappa shape index (κ3) is 8.01. The molecule has 0 saturated heterocycles. The van der Waals surface area contributed by atoms with Crippen molar-refractivity contribution in [2.75, 3.05) is 9.80 Å². The van der Waals surface area contributed by atoms with Crippen LogP contribution in [0.4, 0.5) is 28.9 Å². The van der Waals surface area contributed by atoms with Crippen LogP contribution in [-0.4, -0.2) is 11.8 Å². The zero-order chi connectivity index (χ0) is 42.7. The predicted molar refractivity (Wildman–Crippen MR) is 232 cm³/mol. The van der Waals surface area contributed by atoms with E-state index < -0.39 is 59.4 Å². The Morgan fingerprint density at radius 2 is 0.885 bits per heavy atom. The number of anilines is 2. The number of nitrogens with zero attached hydrogens (tertiary/aromatic N) is 2. The number of benzene rings is 6. The molecule has 0 heterocycles. The van der Waals surface area contributed by atoms with Gasteiger partial charge in [-0.05, 0) is 0 Å². The summed E-state index contributed by atoms with van der Waals surface area (Å²) in [6.07, 6.45) is 10.9. The molecule has 6 aromatic carbocycles. The molecule has 0 saturated carbocycles. The summed E-state index contributed by atoms with van der Waals surface area (Å²) in [4.78, 5) is 31.5. The summed E-state index contributed by atoms with van der Waals surface area (Å²) in [5, 5.41) is 0. The van der Waals surface area contributed by atoms with Crippen LogP contribution >= 0.6 is 0 Å². The number of rotatable bonds is 12. The fourth-order valence-electron chi connectivity index (χ4n) is 8.38. The number of aryl methyl sites for hydroxylation is 2. The van der Waals surface area contributed by atoms with Crippen molar-refractivity contribution in [1.29, 1.82) is 0 Å². The SMILES string of the molecule is Cc1ccc(C(=O)N(Cc2ccccc2)c2ccc(F)[c]([Ti]([C]3=CC=CC3)([C]3=CC=CC3)[c]3c(F)ccc(N(Cc4ccccc4)C(=O)c4ccc(C)cc4)c3F)c2F)cc1. The number of amides is 2. The number of hydrogen-bond donors (Lipinski definition) is 0. The Morgan fingerprint density at radius 3 is 1.23 bits per heavy atom. The fourth-order valence-corrected chi connectivity index (χ4v) is 16.6. The molecule has 4 nitrogen and oxygen atoms in total. The van der Waals surface area contributed by atoms with Crippen LogP contribution in [0.2, 0.25) is 0 Å². The molecule has 0 fully saturated rings. The molecule has 0 aromatic heterocycles. The molecule has 2 amide bonds. The second-order valence-electron chi connectivity index (χ2n) is 15.4. The van der Waals surface area contributed by atoms with Crippen molar-refractivity contribution in [3.8, 4) is 0 Å². The molecule has 8 rings (SSSR count). The molecule has 9 heteroatoms. The number of carbonyl (C=O) groups excluding carboxylic acids is 2. The van der Waals surface area contributed by atoms with Crippen molar-refractivity contribution < 1.29 is 43.7 Å². The van der Waals surface area contributed by atoms with E-state index in [0.29, 0.717) is 18.9 Å². The quantitative estimate of drug-likeness (QED) is 0.0909. The maximum absolute atomic E-state index is 18.3.